The van der Waals surface area contributed by atoms with Crippen LogP contribution in [0.5, 0.6) is 5.75 Å². The van der Waals surface area contributed by atoms with Gasteiger partial charge in [-0.05, 0) is 64.8 Å². The summed E-state index contributed by atoms with van der Waals surface area (Å²) in [5, 5.41) is 7.82. The summed E-state index contributed by atoms with van der Waals surface area (Å²) in [5.41, 5.74) is 2.40. The van der Waals surface area contributed by atoms with Gasteiger partial charge in [-0.25, -0.2) is 0 Å². The number of aromatic nitrogens is 2. The molecule has 1 aromatic carbocycles. The average molecular weight is 433 g/mol. The fraction of sp³-hybridized carbons (Fsp3) is 0.278. The Labute approximate surface area is 164 Å². The van der Waals surface area contributed by atoms with Crippen molar-refractivity contribution in [2.24, 2.45) is 0 Å². The van der Waals surface area contributed by atoms with Gasteiger partial charge in [0, 0.05) is 17.8 Å². The maximum atomic E-state index is 12.6. The zero-order chi connectivity index (χ0) is 18.3. The van der Waals surface area contributed by atoms with Crippen molar-refractivity contribution in [1.29, 1.82) is 0 Å². The molecule has 1 aromatic heterocycles. The van der Waals surface area contributed by atoms with Gasteiger partial charge in [0.25, 0.3) is 5.91 Å². The first-order chi connectivity index (χ1) is 12.5. The van der Waals surface area contributed by atoms with Crippen molar-refractivity contribution in [3.63, 3.8) is 0 Å². The van der Waals surface area contributed by atoms with Crippen molar-refractivity contribution < 1.29 is 9.53 Å². The van der Waals surface area contributed by atoms with E-state index < -0.39 is 0 Å². The molecular weight excluding hydrogens is 416 g/mol. The van der Waals surface area contributed by atoms with Crippen molar-refractivity contribution in [2.75, 3.05) is 7.11 Å². The van der Waals surface area contributed by atoms with Gasteiger partial charge in [0.05, 0.1) is 24.3 Å². The minimum absolute atomic E-state index is 0.0501. The largest absolute Gasteiger partial charge is 0.496 e. The van der Waals surface area contributed by atoms with E-state index >= 15 is 0 Å². The number of hydrogen-bond donors (Lipinski definition) is 1. The number of carbonyl (C=O) groups excluding carboxylic acids is 1. The number of rotatable bonds is 5. The molecule has 26 heavy (non-hydrogen) atoms. The smallest absolute Gasteiger partial charge is 0.276 e. The molecule has 8 heteroatoms. The van der Waals surface area contributed by atoms with Gasteiger partial charge < -0.3 is 10.1 Å². The van der Waals surface area contributed by atoms with Gasteiger partial charge in [0.1, 0.15) is 11.4 Å². The summed E-state index contributed by atoms with van der Waals surface area (Å²) in [7, 11) is 1.64. The minimum atomic E-state index is -0.0501. The molecule has 1 aliphatic heterocycles. The second kappa shape index (κ2) is 6.85. The Balaban J connectivity index is 1.61. The van der Waals surface area contributed by atoms with Crippen molar-refractivity contribution in [3.05, 3.63) is 51.9 Å². The van der Waals surface area contributed by atoms with Crippen LogP contribution in [0.4, 0.5) is 0 Å². The Bertz CT molecular complexity index is 920. The lowest BCUT2D eigenvalue weighted by Crippen LogP contribution is -2.32. The Hall–Kier alpha value is -2.19. The van der Waals surface area contributed by atoms with E-state index in [2.05, 4.69) is 26.3 Å². The Kier molecular flexibility index (Phi) is 4.54. The predicted molar refractivity (Wildman–Crippen MR) is 106 cm³/mol. The number of methoxy groups -OCH3 is 1. The van der Waals surface area contributed by atoms with Crippen LogP contribution >= 0.6 is 28.1 Å². The standard InChI is InChI=1S/C18H17BrN4O2S/c1-25-16-5-2-11(6-12(16)9-22-10-13(19)8-20-22)7-15-17(24)23(14-3-4-14)18(26)21-15/h2,5-8,10,14H,3-4,9H2,1H3,(H,21,26)/b15-7+. The fourth-order valence-electron chi connectivity index (χ4n) is 2.99. The predicted octanol–water partition coefficient (Wildman–Crippen LogP) is 2.92. The van der Waals surface area contributed by atoms with E-state index in [4.69, 9.17) is 17.0 Å². The first kappa shape index (κ1) is 17.2. The molecule has 6 nitrogen and oxygen atoms in total. The molecule has 2 fully saturated rings. The first-order valence-corrected chi connectivity index (χ1v) is 9.46. The summed E-state index contributed by atoms with van der Waals surface area (Å²) in [5.74, 6) is 0.727. The third-order valence-electron chi connectivity index (χ3n) is 4.37. The van der Waals surface area contributed by atoms with E-state index in [0.717, 1.165) is 34.2 Å². The van der Waals surface area contributed by atoms with E-state index in [1.807, 2.05) is 35.2 Å². The van der Waals surface area contributed by atoms with E-state index in [1.54, 1.807) is 18.2 Å². The lowest BCUT2D eigenvalue weighted by Gasteiger charge is -2.11. The molecule has 0 bridgehead atoms. The topological polar surface area (TPSA) is 59.4 Å². The number of halogens is 1. The van der Waals surface area contributed by atoms with Gasteiger partial charge in [0.15, 0.2) is 5.11 Å². The van der Waals surface area contributed by atoms with Crippen LogP contribution in [0.1, 0.15) is 24.0 Å². The Morgan fingerprint density at radius 3 is 2.92 bits per heavy atom. The number of carbonyl (C=O) groups is 1. The van der Waals surface area contributed by atoms with Gasteiger partial charge in [-0.3, -0.25) is 14.4 Å². The molecule has 1 aliphatic carbocycles. The summed E-state index contributed by atoms with van der Waals surface area (Å²) in [6.07, 6.45) is 7.52. The molecule has 1 saturated carbocycles. The van der Waals surface area contributed by atoms with Gasteiger partial charge in [-0.1, -0.05) is 6.07 Å². The SMILES string of the molecule is COc1ccc(/C=C2/NC(=S)N(C3CC3)C2=O)cc1Cn1cc(Br)cn1. The van der Waals surface area contributed by atoms with Crippen molar-refractivity contribution in [1.82, 2.24) is 20.0 Å². The molecule has 0 spiro atoms. The molecule has 4 rings (SSSR count). The molecule has 1 saturated heterocycles. The third kappa shape index (κ3) is 3.39. The van der Waals surface area contributed by atoms with E-state index in [1.165, 1.54) is 0 Å². The highest BCUT2D eigenvalue weighted by atomic mass is 79.9. The second-order valence-electron chi connectivity index (χ2n) is 6.32. The van der Waals surface area contributed by atoms with Crippen LogP contribution in [-0.2, 0) is 11.3 Å². The lowest BCUT2D eigenvalue weighted by molar-refractivity contribution is -0.122. The number of thiocarbonyl (C=S) groups is 1. The third-order valence-corrected chi connectivity index (χ3v) is 5.08. The monoisotopic (exact) mass is 432 g/mol. The first-order valence-electron chi connectivity index (χ1n) is 8.26. The van der Waals surface area contributed by atoms with Gasteiger partial charge in [0.2, 0.25) is 0 Å². The number of hydrogen-bond acceptors (Lipinski definition) is 4. The number of benzene rings is 1. The minimum Gasteiger partial charge on any atom is -0.496 e. The lowest BCUT2D eigenvalue weighted by atomic mass is 10.1. The molecule has 134 valence electrons. The van der Waals surface area contributed by atoms with Crippen LogP contribution in [0, 0.1) is 0 Å². The van der Waals surface area contributed by atoms with Gasteiger partial charge >= 0.3 is 0 Å². The van der Waals surface area contributed by atoms with Crippen molar-refractivity contribution in [2.45, 2.75) is 25.4 Å². The van der Waals surface area contributed by atoms with Crippen LogP contribution in [0.25, 0.3) is 6.08 Å². The molecular formula is C18H17BrN4O2S. The number of ether oxygens (including phenoxy) is 1. The van der Waals surface area contributed by atoms with Crippen molar-refractivity contribution in [3.8, 4) is 5.75 Å². The highest BCUT2D eigenvalue weighted by molar-refractivity contribution is 9.10. The fourth-order valence-corrected chi connectivity index (χ4v) is 3.66. The zero-order valence-electron chi connectivity index (χ0n) is 14.1. The van der Waals surface area contributed by atoms with Crippen LogP contribution in [0.2, 0.25) is 0 Å². The summed E-state index contributed by atoms with van der Waals surface area (Å²) >= 11 is 8.70. The van der Waals surface area contributed by atoms with Gasteiger partial charge in [-0.2, -0.15) is 5.10 Å². The second-order valence-corrected chi connectivity index (χ2v) is 7.62. The van der Waals surface area contributed by atoms with Crippen LogP contribution in [0.3, 0.4) is 0 Å². The Morgan fingerprint density at radius 2 is 2.27 bits per heavy atom. The maximum Gasteiger partial charge on any atom is 0.276 e. The summed E-state index contributed by atoms with van der Waals surface area (Å²) < 4.78 is 8.20. The van der Waals surface area contributed by atoms with E-state index in [9.17, 15) is 4.79 Å². The number of amides is 1. The molecule has 2 aliphatic rings. The summed E-state index contributed by atoms with van der Waals surface area (Å²) in [6, 6.07) is 6.08. The molecule has 2 aromatic rings. The molecule has 0 radical (unpaired) electrons. The van der Waals surface area contributed by atoms with Crippen molar-refractivity contribution >= 4 is 45.2 Å². The molecule has 0 unspecified atom stereocenters. The molecule has 1 amide bonds. The Morgan fingerprint density at radius 1 is 1.46 bits per heavy atom. The zero-order valence-corrected chi connectivity index (χ0v) is 16.5. The normalized spacial score (nSPS) is 18.5. The molecule has 2 heterocycles. The van der Waals surface area contributed by atoms with Gasteiger partial charge in [-0.15, -0.1) is 0 Å². The summed E-state index contributed by atoms with van der Waals surface area (Å²) in [4.78, 5) is 14.3. The van der Waals surface area contributed by atoms with E-state index in [0.29, 0.717) is 17.4 Å². The number of nitrogens with one attached hydrogen (secondary N) is 1. The molecule has 0 atom stereocenters. The quantitative estimate of drug-likeness (QED) is 0.581. The van der Waals surface area contributed by atoms with Crippen LogP contribution in [-0.4, -0.2) is 38.9 Å². The highest BCUT2D eigenvalue weighted by Gasteiger charge is 2.41. The van der Waals surface area contributed by atoms with Crippen LogP contribution < -0.4 is 10.1 Å². The molecule has 1 N–H and O–H groups in total. The highest BCUT2D eigenvalue weighted by Crippen LogP contribution is 2.31. The maximum absolute atomic E-state index is 12.6. The average Bonchev–Trinajstić information content (AvgIpc) is 3.30. The van der Waals surface area contributed by atoms with E-state index in [-0.39, 0.29) is 11.9 Å². The number of nitrogens with zero attached hydrogens (tertiary/aromatic N) is 3. The summed E-state index contributed by atoms with van der Waals surface area (Å²) in [6.45, 7) is 0.569. The van der Waals surface area contributed by atoms with Crippen LogP contribution in [0.15, 0.2) is 40.8 Å².